The van der Waals surface area contributed by atoms with Crippen molar-refractivity contribution in [1.82, 2.24) is 9.88 Å². The van der Waals surface area contributed by atoms with E-state index in [1.807, 2.05) is 6.07 Å². The van der Waals surface area contributed by atoms with Gasteiger partial charge >= 0.3 is 0 Å². The van der Waals surface area contributed by atoms with Crippen LogP contribution >= 0.6 is 0 Å². The first kappa shape index (κ1) is 14.1. The largest absolute Gasteiger partial charge is 0.494 e. The van der Waals surface area contributed by atoms with Crippen LogP contribution in [0.15, 0.2) is 42.7 Å². The Morgan fingerprint density at radius 1 is 1.10 bits per heavy atom. The first-order valence-electron chi connectivity index (χ1n) is 7.62. The van der Waals surface area contributed by atoms with Crippen molar-refractivity contribution in [3.05, 3.63) is 48.3 Å². The number of ether oxygens (including phenoxy) is 1. The lowest BCUT2D eigenvalue weighted by atomic mass is 10.0. The summed E-state index contributed by atoms with van der Waals surface area (Å²) in [6.45, 7) is 4.75. The molecule has 1 aromatic carbocycles. The molecule has 2 heterocycles. The van der Waals surface area contributed by atoms with E-state index in [1.54, 1.807) is 19.5 Å². The Bertz CT molecular complexity index is 588. The SMILES string of the molecule is COc1cnccc1-c1ccc(C(C)N2CCCC2)cc1. The fourth-order valence-corrected chi connectivity index (χ4v) is 3.06. The predicted molar refractivity (Wildman–Crippen MR) is 85.4 cm³/mol. The summed E-state index contributed by atoms with van der Waals surface area (Å²) >= 11 is 0. The van der Waals surface area contributed by atoms with Crippen LogP contribution in [0.2, 0.25) is 0 Å². The zero-order valence-corrected chi connectivity index (χ0v) is 12.7. The van der Waals surface area contributed by atoms with E-state index < -0.39 is 0 Å². The lowest BCUT2D eigenvalue weighted by Crippen LogP contribution is -2.23. The number of rotatable bonds is 4. The highest BCUT2D eigenvalue weighted by Gasteiger charge is 2.19. The van der Waals surface area contributed by atoms with Crippen LogP contribution in [-0.4, -0.2) is 30.1 Å². The minimum Gasteiger partial charge on any atom is -0.494 e. The summed E-state index contributed by atoms with van der Waals surface area (Å²) in [6.07, 6.45) is 6.22. The minimum absolute atomic E-state index is 0.501. The van der Waals surface area contributed by atoms with Crippen molar-refractivity contribution in [2.75, 3.05) is 20.2 Å². The molecule has 0 amide bonds. The summed E-state index contributed by atoms with van der Waals surface area (Å²) in [6, 6.07) is 11.3. The molecule has 0 saturated carbocycles. The fraction of sp³-hybridized carbons (Fsp3) is 0.389. The molecule has 3 heteroatoms. The van der Waals surface area contributed by atoms with Crippen LogP contribution in [0.3, 0.4) is 0 Å². The van der Waals surface area contributed by atoms with Gasteiger partial charge in [0, 0.05) is 17.8 Å². The van der Waals surface area contributed by atoms with Crippen LogP contribution in [0, 0.1) is 0 Å². The van der Waals surface area contributed by atoms with Gasteiger partial charge in [0.25, 0.3) is 0 Å². The van der Waals surface area contributed by atoms with E-state index in [0.717, 1.165) is 11.3 Å². The highest BCUT2D eigenvalue weighted by Crippen LogP contribution is 2.31. The Morgan fingerprint density at radius 2 is 1.81 bits per heavy atom. The van der Waals surface area contributed by atoms with Crippen LogP contribution in [0.4, 0.5) is 0 Å². The normalized spacial score (nSPS) is 16.9. The molecule has 0 radical (unpaired) electrons. The maximum absolute atomic E-state index is 5.39. The molecular weight excluding hydrogens is 260 g/mol. The zero-order chi connectivity index (χ0) is 14.7. The minimum atomic E-state index is 0.501. The van der Waals surface area contributed by atoms with Gasteiger partial charge in [-0.1, -0.05) is 24.3 Å². The highest BCUT2D eigenvalue weighted by molar-refractivity contribution is 5.69. The number of hydrogen-bond acceptors (Lipinski definition) is 3. The Labute approximate surface area is 126 Å². The first-order chi connectivity index (χ1) is 10.3. The molecule has 0 spiro atoms. The van der Waals surface area contributed by atoms with Crippen molar-refractivity contribution >= 4 is 0 Å². The van der Waals surface area contributed by atoms with E-state index in [-0.39, 0.29) is 0 Å². The van der Waals surface area contributed by atoms with Gasteiger partial charge < -0.3 is 4.74 Å². The Morgan fingerprint density at radius 3 is 2.48 bits per heavy atom. The second kappa shape index (κ2) is 6.27. The molecule has 0 N–H and O–H groups in total. The molecule has 1 saturated heterocycles. The quantitative estimate of drug-likeness (QED) is 0.850. The molecule has 110 valence electrons. The summed E-state index contributed by atoms with van der Waals surface area (Å²) in [5, 5.41) is 0. The van der Waals surface area contributed by atoms with E-state index in [4.69, 9.17) is 4.74 Å². The van der Waals surface area contributed by atoms with Gasteiger partial charge in [0.05, 0.1) is 13.3 Å². The third kappa shape index (κ3) is 2.93. The molecule has 2 aromatic rings. The van der Waals surface area contributed by atoms with Gasteiger partial charge in [0.15, 0.2) is 0 Å². The Balaban J connectivity index is 1.83. The highest BCUT2D eigenvalue weighted by atomic mass is 16.5. The van der Waals surface area contributed by atoms with Gasteiger partial charge in [-0.15, -0.1) is 0 Å². The molecule has 1 unspecified atom stereocenters. The molecule has 0 aliphatic carbocycles. The van der Waals surface area contributed by atoms with Crippen molar-refractivity contribution in [1.29, 1.82) is 0 Å². The van der Waals surface area contributed by atoms with Crippen molar-refractivity contribution in [3.63, 3.8) is 0 Å². The summed E-state index contributed by atoms with van der Waals surface area (Å²) in [7, 11) is 1.68. The van der Waals surface area contributed by atoms with Crippen LogP contribution in [0.1, 0.15) is 31.4 Å². The Hall–Kier alpha value is -1.87. The van der Waals surface area contributed by atoms with Gasteiger partial charge in [0.1, 0.15) is 5.75 Å². The average molecular weight is 282 g/mol. The molecule has 1 aliphatic heterocycles. The Kier molecular flexibility index (Phi) is 4.20. The van der Waals surface area contributed by atoms with Crippen LogP contribution in [0.5, 0.6) is 5.75 Å². The van der Waals surface area contributed by atoms with E-state index in [1.165, 1.54) is 37.1 Å². The van der Waals surface area contributed by atoms with Crippen LogP contribution < -0.4 is 4.74 Å². The summed E-state index contributed by atoms with van der Waals surface area (Å²) in [5.41, 5.74) is 3.65. The van der Waals surface area contributed by atoms with E-state index >= 15 is 0 Å². The van der Waals surface area contributed by atoms with E-state index in [9.17, 15) is 0 Å². The number of hydrogen-bond donors (Lipinski definition) is 0. The fourth-order valence-electron chi connectivity index (χ4n) is 3.06. The number of aromatic nitrogens is 1. The van der Waals surface area contributed by atoms with Gasteiger partial charge in [0.2, 0.25) is 0 Å². The van der Waals surface area contributed by atoms with Crippen LogP contribution in [0.25, 0.3) is 11.1 Å². The molecule has 0 bridgehead atoms. The lowest BCUT2D eigenvalue weighted by molar-refractivity contribution is 0.263. The lowest BCUT2D eigenvalue weighted by Gasteiger charge is -2.24. The summed E-state index contributed by atoms with van der Waals surface area (Å²) in [4.78, 5) is 6.67. The second-order valence-electron chi connectivity index (χ2n) is 5.62. The third-order valence-electron chi connectivity index (χ3n) is 4.40. The van der Waals surface area contributed by atoms with Gasteiger partial charge in [-0.05, 0) is 50.0 Å². The second-order valence-corrected chi connectivity index (χ2v) is 5.62. The standard InChI is InChI=1S/C18H22N2O/c1-14(20-11-3-4-12-20)15-5-7-16(8-6-15)17-9-10-19-13-18(17)21-2/h5-10,13-14H,3-4,11-12H2,1-2H3. The molecule has 1 fully saturated rings. The molecule has 3 nitrogen and oxygen atoms in total. The average Bonchev–Trinajstić information content (AvgIpc) is 3.09. The maximum Gasteiger partial charge on any atom is 0.144 e. The van der Waals surface area contributed by atoms with Gasteiger partial charge in [-0.3, -0.25) is 9.88 Å². The van der Waals surface area contributed by atoms with Crippen LogP contribution in [-0.2, 0) is 0 Å². The number of benzene rings is 1. The van der Waals surface area contributed by atoms with Gasteiger partial charge in [-0.2, -0.15) is 0 Å². The smallest absolute Gasteiger partial charge is 0.144 e. The number of pyridine rings is 1. The van der Waals surface area contributed by atoms with Crippen molar-refractivity contribution in [2.45, 2.75) is 25.8 Å². The van der Waals surface area contributed by atoms with E-state index in [0.29, 0.717) is 6.04 Å². The third-order valence-corrected chi connectivity index (χ3v) is 4.40. The number of nitrogens with zero attached hydrogens (tertiary/aromatic N) is 2. The zero-order valence-electron chi connectivity index (χ0n) is 12.7. The molecule has 3 rings (SSSR count). The number of likely N-dealkylation sites (tertiary alicyclic amines) is 1. The first-order valence-corrected chi connectivity index (χ1v) is 7.62. The topological polar surface area (TPSA) is 25.4 Å². The monoisotopic (exact) mass is 282 g/mol. The molecule has 21 heavy (non-hydrogen) atoms. The predicted octanol–water partition coefficient (Wildman–Crippen LogP) is 3.91. The molecule has 1 atom stereocenters. The van der Waals surface area contributed by atoms with E-state index in [2.05, 4.69) is 41.1 Å². The van der Waals surface area contributed by atoms with Crippen molar-refractivity contribution < 1.29 is 4.74 Å². The number of methoxy groups -OCH3 is 1. The molecule has 1 aromatic heterocycles. The summed E-state index contributed by atoms with van der Waals surface area (Å²) in [5.74, 6) is 0.817. The van der Waals surface area contributed by atoms with Gasteiger partial charge in [-0.25, -0.2) is 0 Å². The summed E-state index contributed by atoms with van der Waals surface area (Å²) < 4.78 is 5.39. The maximum atomic E-state index is 5.39. The van der Waals surface area contributed by atoms with Crippen molar-refractivity contribution in [2.24, 2.45) is 0 Å². The molecule has 1 aliphatic rings. The van der Waals surface area contributed by atoms with Crippen molar-refractivity contribution in [3.8, 4) is 16.9 Å². The molecular formula is C18H22N2O.